The Kier molecular flexibility index (Phi) is 10.5. The van der Waals surface area contributed by atoms with Crippen LogP contribution in [0.3, 0.4) is 0 Å². The van der Waals surface area contributed by atoms with Crippen molar-refractivity contribution >= 4 is 11.9 Å². The third-order valence-corrected chi connectivity index (χ3v) is 3.61. The van der Waals surface area contributed by atoms with Gasteiger partial charge in [0.1, 0.15) is 5.82 Å². The van der Waals surface area contributed by atoms with Gasteiger partial charge in [-0.3, -0.25) is 9.59 Å². The Morgan fingerprint density at radius 3 is 2.56 bits per heavy atom. The first-order valence-electron chi connectivity index (χ1n) is 8.86. The van der Waals surface area contributed by atoms with Crippen LogP contribution in [-0.4, -0.2) is 49.7 Å². The van der Waals surface area contributed by atoms with Crippen molar-refractivity contribution in [3.63, 3.8) is 0 Å². The predicted octanol–water partition coefficient (Wildman–Crippen LogP) is 3.43. The highest BCUT2D eigenvalue weighted by Gasteiger charge is 2.17. The molecule has 5 nitrogen and oxygen atoms in total. The van der Waals surface area contributed by atoms with Crippen LogP contribution in [-0.2, 0) is 14.3 Å². The van der Waals surface area contributed by atoms with Gasteiger partial charge >= 0.3 is 5.97 Å². The second kappa shape index (κ2) is 12.4. The van der Waals surface area contributed by atoms with Crippen LogP contribution >= 0.6 is 0 Å². The summed E-state index contributed by atoms with van der Waals surface area (Å²) in [5, 5.41) is 0. The van der Waals surface area contributed by atoms with Crippen molar-refractivity contribution in [2.75, 3.05) is 32.9 Å². The molecule has 1 rings (SSSR count). The number of carbonyl (C=O) groups excluding carboxylic acids is 2. The first-order valence-corrected chi connectivity index (χ1v) is 8.86. The third-order valence-electron chi connectivity index (χ3n) is 3.61. The van der Waals surface area contributed by atoms with Gasteiger partial charge in [0.05, 0.1) is 13.0 Å². The number of halogens is 1. The van der Waals surface area contributed by atoms with E-state index in [9.17, 15) is 14.0 Å². The maximum absolute atomic E-state index is 13.4. The molecule has 0 unspecified atom stereocenters. The number of esters is 1. The van der Waals surface area contributed by atoms with Crippen LogP contribution in [0.4, 0.5) is 4.39 Å². The molecule has 0 heterocycles. The van der Waals surface area contributed by atoms with Crippen LogP contribution in [0.5, 0.6) is 0 Å². The van der Waals surface area contributed by atoms with Crippen LogP contribution in [0.25, 0.3) is 0 Å². The van der Waals surface area contributed by atoms with E-state index in [4.69, 9.17) is 9.47 Å². The quantitative estimate of drug-likeness (QED) is 0.427. The first-order chi connectivity index (χ1) is 12.1. The molecule has 1 amide bonds. The summed E-state index contributed by atoms with van der Waals surface area (Å²) >= 11 is 0. The fraction of sp³-hybridized carbons (Fsp3) is 0.579. The minimum absolute atomic E-state index is 0.117. The number of benzene rings is 1. The summed E-state index contributed by atoms with van der Waals surface area (Å²) in [6, 6.07) is 5.57. The Bertz CT molecular complexity index is 536. The van der Waals surface area contributed by atoms with Crippen molar-refractivity contribution in [3.05, 3.63) is 35.6 Å². The molecule has 0 aromatic heterocycles. The van der Waals surface area contributed by atoms with Crippen LogP contribution in [0.15, 0.2) is 24.3 Å². The highest BCUT2D eigenvalue weighted by atomic mass is 19.1. The van der Waals surface area contributed by atoms with E-state index in [0.717, 1.165) is 12.8 Å². The van der Waals surface area contributed by atoms with Crippen LogP contribution in [0, 0.1) is 5.82 Å². The lowest BCUT2D eigenvalue weighted by Crippen LogP contribution is -2.34. The summed E-state index contributed by atoms with van der Waals surface area (Å²) in [4.78, 5) is 25.7. The van der Waals surface area contributed by atoms with E-state index in [-0.39, 0.29) is 30.4 Å². The van der Waals surface area contributed by atoms with Gasteiger partial charge in [0, 0.05) is 31.9 Å². The molecule has 0 atom stereocenters. The fourth-order valence-corrected chi connectivity index (χ4v) is 2.28. The van der Waals surface area contributed by atoms with Crippen LogP contribution in [0.2, 0.25) is 0 Å². The van der Waals surface area contributed by atoms with Crippen molar-refractivity contribution in [2.45, 2.75) is 39.5 Å². The van der Waals surface area contributed by atoms with E-state index in [1.54, 1.807) is 17.9 Å². The molecule has 0 N–H and O–H groups in total. The molecule has 0 saturated heterocycles. The van der Waals surface area contributed by atoms with Gasteiger partial charge in [0.25, 0.3) is 5.91 Å². The minimum Gasteiger partial charge on any atom is -0.466 e. The Hall–Kier alpha value is -1.95. The summed E-state index contributed by atoms with van der Waals surface area (Å²) in [7, 11) is 0. The third kappa shape index (κ3) is 8.63. The molecule has 0 aliphatic rings. The molecule has 1 aromatic rings. The number of hydrogen-bond donors (Lipinski definition) is 0. The molecule has 0 aliphatic carbocycles. The molecule has 0 saturated carbocycles. The highest BCUT2D eigenvalue weighted by molar-refractivity contribution is 5.94. The molecule has 0 aliphatic heterocycles. The number of carbonyl (C=O) groups is 2. The van der Waals surface area contributed by atoms with Gasteiger partial charge < -0.3 is 14.4 Å². The van der Waals surface area contributed by atoms with Gasteiger partial charge in [-0.15, -0.1) is 0 Å². The number of nitrogens with zero attached hydrogens (tertiary/aromatic N) is 1. The zero-order valence-electron chi connectivity index (χ0n) is 15.1. The molecular weight excluding hydrogens is 325 g/mol. The summed E-state index contributed by atoms with van der Waals surface area (Å²) in [6.07, 6.45) is 2.86. The molecule has 6 heteroatoms. The van der Waals surface area contributed by atoms with Gasteiger partial charge in [0.15, 0.2) is 0 Å². The zero-order chi connectivity index (χ0) is 18.5. The summed E-state index contributed by atoms with van der Waals surface area (Å²) in [6.45, 7) is 6.08. The monoisotopic (exact) mass is 353 g/mol. The SMILES string of the molecule is CCCCOCCCN(CCC(=O)OCC)C(=O)c1cccc(F)c1. The molecule has 0 bridgehead atoms. The Labute approximate surface area is 149 Å². The van der Waals surface area contributed by atoms with E-state index >= 15 is 0 Å². The Morgan fingerprint density at radius 2 is 1.88 bits per heavy atom. The van der Waals surface area contributed by atoms with Crippen molar-refractivity contribution in [3.8, 4) is 0 Å². The number of unbranched alkanes of at least 4 members (excludes halogenated alkanes) is 1. The second-order valence-electron chi connectivity index (χ2n) is 5.68. The number of ether oxygens (including phenoxy) is 2. The number of amides is 1. The maximum Gasteiger partial charge on any atom is 0.307 e. The van der Waals surface area contributed by atoms with E-state index in [1.807, 2.05) is 0 Å². The van der Waals surface area contributed by atoms with Crippen LogP contribution < -0.4 is 0 Å². The molecule has 1 aromatic carbocycles. The lowest BCUT2D eigenvalue weighted by molar-refractivity contribution is -0.143. The number of rotatable bonds is 12. The molecule has 0 fully saturated rings. The van der Waals surface area contributed by atoms with E-state index in [1.165, 1.54) is 18.2 Å². The molecule has 140 valence electrons. The van der Waals surface area contributed by atoms with Gasteiger partial charge in [-0.2, -0.15) is 0 Å². The van der Waals surface area contributed by atoms with Crippen molar-refractivity contribution in [1.82, 2.24) is 4.90 Å². The molecule has 0 radical (unpaired) electrons. The van der Waals surface area contributed by atoms with Gasteiger partial charge in [0.2, 0.25) is 0 Å². The average Bonchev–Trinajstić information content (AvgIpc) is 2.60. The molecule has 0 spiro atoms. The Balaban J connectivity index is 2.60. The van der Waals surface area contributed by atoms with E-state index in [2.05, 4.69) is 6.92 Å². The van der Waals surface area contributed by atoms with Gasteiger partial charge in [-0.25, -0.2) is 4.39 Å². The largest absolute Gasteiger partial charge is 0.466 e. The first kappa shape index (κ1) is 21.1. The van der Waals surface area contributed by atoms with E-state index < -0.39 is 5.82 Å². The second-order valence-corrected chi connectivity index (χ2v) is 5.68. The van der Waals surface area contributed by atoms with Gasteiger partial charge in [-0.05, 0) is 38.0 Å². The van der Waals surface area contributed by atoms with Crippen LogP contribution in [0.1, 0.15) is 49.9 Å². The highest BCUT2D eigenvalue weighted by Crippen LogP contribution is 2.09. The van der Waals surface area contributed by atoms with Crippen molar-refractivity contribution in [1.29, 1.82) is 0 Å². The van der Waals surface area contributed by atoms with Crippen molar-refractivity contribution < 1.29 is 23.5 Å². The maximum atomic E-state index is 13.4. The minimum atomic E-state index is -0.459. The standard InChI is InChI=1S/C19H28FNO4/c1-3-5-13-24-14-7-11-21(12-10-18(22)25-4-2)19(23)16-8-6-9-17(20)15-16/h6,8-9,15H,3-5,7,10-14H2,1-2H3. The summed E-state index contributed by atoms with van der Waals surface area (Å²) in [5.74, 6) is -1.10. The number of hydrogen-bond acceptors (Lipinski definition) is 4. The lowest BCUT2D eigenvalue weighted by atomic mass is 10.2. The predicted molar refractivity (Wildman–Crippen MR) is 93.9 cm³/mol. The van der Waals surface area contributed by atoms with Crippen molar-refractivity contribution in [2.24, 2.45) is 0 Å². The summed E-state index contributed by atoms with van der Waals surface area (Å²) < 4.78 is 23.8. The van der Waals surface area contributed by atoms with E-state index in [0.29, 0.717) is 32.8 Å². The zero-order valence-corrected chi connectivity index (χ0v) is 15.1. The average molecular weight is 353 g/mol. The molecular formula is C19H28FNO4. The topological polar surface area (TPSA) is 55.8 Å². The summed E-state index contributed by atoms with van der Waals surface area (Å²) in [5.41, 5.74) is 0.274. The fourth-order valence-electron chi connectivity index (χ4n) is 2.28. The molecule has 25 heavy (non-hydrogen) atoms. The smallest absolute Gasteiger partial charge is 0.307 e. The Morgan fingerprint density at radius 1 is 1.12 bits per heavy atom. The lowest BCUT2D eigenvalue weighted by Gasteiger charge is -2.22. The normalized spacial score (nSPS) is 10.5. The van der Waals surface area contributed by atoms with Gasteiger partial charge in [-0.1, -0.05) is 19.4 Å².